The van der Waals surface area contributed by atoms with Crippen LogP contribution in [0.5, 0.6) is 0 Å². The minimum absolute atomic E-state index is 0.349. The van der Waals surface area contributed by atoms with Crippen molar-refractivity contribution in [2.24, 2.45) is 0 Å². The van der Waals surface area contributed by atoms with Crippen molar-refractivity contribution in [1.82, 2.24) is 4.57 Å². The van der Waals surface area contributed by atoms with E-state index in [0.29, 0.717) is 0 Å². The molecule has 1 aliphatic carbocycles. The van der Waals surface area contributed by atoms with Crippen molar-refractivity contribution < 1.29 is 9.53 Å². The summed E-state index contributed by atoms with van der Waals surface area (Å²) < 4.78 is 7.14. The molecule has 0 fully saturated rings. The van der Waals surface area contributed by atoms with Crippen LogP contribution in [0, 0.1) is 0 Å². The lowest BCUT2D eigenvalue weighted by Gasteiger charge is -2.21. The van der Waals surface area contributed by atoms with Crippen LogP contribution in [0.15, 0.2) is 43.1 Å². The number of hydrogen-bond acceptors (Lipinski definition) is 2. The zero-order chi connectivity index (χ0) is 15.9. The molecule has 0 N–H and O–H groups in total. The molecule has 0 aliphatic heterocycles. The van der Waals surface area contributed by atoms with E-state index < -0.39 is 5.60 Å². The third-order valence-electron chi connectivity index (χ3n) is 3.83. The lowest BCUT2D eigenvalue weighted by Crippen LogP contribution is -2.27. The summed E-state index contributed by atoms with van der Waals surface area (Å²) in [6.07, 6.45) is 3.28. The first-order chi connectivity index (χ1) is 10.4. The molecule has 114 valence electrons. The summed E-state index contributed by atoms with van der Waals surface area (Å²) in [7, 11) is 0. The average Bonchev–Trinajstić information content (AvgIpc) is 2.82. The van der Waals surface area contributed by atoms with E-state index in [1.54, 1.807) is 10.8 Å². The van der Waals surface area contributed by atoms with Crippen molar-refractivity contribution in [3.8, 4) is 11.3 Å². The van der Waals surface area contributed by atoms with Crippen LogP contribution in [0.3, 0.4) is 0 Å². The van der Waals surface area contributed by atoms with E-state index in [1.165, 1.54) is 5.56 Å². The zero-order valence-electron chi connectivity index (χ0n) is 13.3. The van der Waals surface area contributed by atoms with E-state index in [4.69, 9.17) is 4.74 Å². The Balaban J connectivity index is 2.15. The molecule has 1 aromatic carbocycles. The SMILES string of the molecule is C=C1CCc2ccccc2-c2c1ccn2C(=O)OC(C)(C)C. The van der Waals surface area contributed by atoms with Crippen molar-refractivity contribution in [2.75, 3.05) is 0 Å². The van der Waals surface area contributed by atoms with Crippen molar-refractivity contribution >= 4 is 11.7 Å². The van der Waals surface area contributed by atoms with Crippen LogP contribution in [0.1, 0.15) is 38.3 Å². The number of fused-ring (bicyclic) bond motifs is 3. The van der Waals surface area contributed by atoms with Gasteiger partial charge in [0, 0.05) is 17.3 Å². The van der Waals surface area contributed by atoms with Gasteiger partial charge in [-0.25, -0.2) is 4.79 Å². The monoisotopic (exact) mass is 295 g/mol. The molecule has 3 rings (SSSR count). The summed E-state index contributed by atoms with van der Waals surface area (Å²) in [5, 5.41) is 0. The van der Waals surface area contributed by atoms with E-state index in [9.17, 15) is 4.79 Å². The first-order valence-corrected chi connectivity index (χ1v) is 7.58. The molecule has 0 amide bonds. The third kappa shape index (κ3) is 2.59. The number of aromatic nitrogens is 1. The van der Waals surface area contributed by atoms with Crippen molar-refractivity contribution in [1.29, 1.82) is 0 Å². The maximum absolute atomic E-state index is 12.5. The van der Waals surface area contributed by atoms with Crippen LogP contribution in [0.25, 0.3) is 16.8 Å². The van der Waals surface area contributed by atoms with Gasteiger partial charge in [-0.15, -0.1) is 0 Å². The number of allylic oxidation sites excluding steroid dienone is 1. The predicted octanol–water partition coefficient (Wildman–Crippen LogP) is 4.90. The second-order valence-corrected chi connectivity index (χ2v) is 6.69. The Kier molecular flexibility index (Phi) is 3.44. The molecule has 3 nitrogen and oxygen atoms in total. The molecular weight excluding hydrogens is 274 g/mol. The summed E-state index contributed by atoms with van der Waals surface area (Å²) in [5.41, 5.74) is 4.81. The van der Waals surface area contributed by atoms with Crippen molar-refractivity contribution in [3.05, 3.63) is 54.2 Å². The summed E-state index contributed by atoms with van der Waals surface area (Å²) in [4.78, 5) is 12.5. The van der Waals surface area contributed by atoms with Crippen LogP contribution in [-0.4, -0.2) is 16.3 Å². The molecule has 0 saturated carbocycles. The smallest absolute Gasteiger partial charge is 0.419 e. The molecule has 0 saturated heterocycles. The molecule has 3 heteroatoms. The number of rotatable bonds is 0. The first kappa shape index (κ1) is 14.6. The van der Waals surface area contributed by atoms with Gasteiger partial charge in [-0.05, 0) is 50.8 Å². The molecule has 0 bridgehead atoms. The molecular formula is C19H21NO2. The topological polar surface area (TPSA) is 31.2 Å². The molecule has 1 aromatic heterocycles. The standard InChI is InChI=1S/C19H21NO2/c1-13-9-10-14-7-5-6-8-16(14)17-15(13)11-12-20(17)18(21)22-19(2,3)4/h5-8,11-12H,1,9-10H2,2-4H3. The van der Waals surface area contributed by atoms with Crippen LogP contribution in [0.2, 0.25) is 0 Å². The molecule has 0 unspecified atom stereocenters. The quantitative estimate of drug-likeness (QED) is 0.692. The number of carbonyl (C=O) groups excluding carboxylic acids is 1. The summed E-state index contributed by atoms with van der Waals surface area (Å²) in [6.45, 7) is 9.81. The number of benzene rings is 1. The highest BCUT2D eigenvalue weighted by atomic mass is 16.6. The Morgan fingerprint density at radius 2 is 1.86 bits per heavy atom. The van der Waals surface area contributed by atoms with Crippen LogP contribution in [-0.2, 0) is 11.2 Å². The van der Waals surface area contributed by atoms with Crippen molar-refractivity contribution in [3.63, 3.8) is 0 Å². The number of aryl methyl sites for hydroxylation is 1. The number of nitrogens with zero attached hydrogens (tertiary/aromatic N) is 1. The number of carbonyl (C=O) groups is 1. The third-order valence-corrected chi connectivity index (χ3v) is 3.83. The second kappa shape index (κ2) is 5.16. The fourth-order valence-electron chi connectivity index (χ4n) is 2.85. The fraction of sp³-hybridized carbons (Fsp3) is 0.316. The average molecular weight is 295 g/mol. The minimum Gasteiger partial charge on any atom is -0.443 e. The highest BCUT2D eigenvalue weighted by molar-refractivity contribution is 5.88. The van der Waals surface area contributed by atoms with E-state index in [-0.39, 0.29) is 6.09 Å². The molecule has 0 atom stereocenters. The van der Waals surface area contributed by atoms with Gasteiger partial charge in [-0.2, -0.15) is 0 Å². The Morgan fingerprint density at radius 3 is 2.59 bits per heavy atom. The van der Waals surface area contributed by atoms with Crippen LogP contribution >= 0.6 is 0 Å². The predicted molar refractivity (Wildman–Crippen MR) is 88.9 cm³/mol. The first-order valence-electron chi connectivity index (χ1n) is 7.58. The Morgan fingerprint density at radius 1 is 1.14 bits per heavy atom. The van der Waals surface area contributed by atoms with Crippen LogP contribution in [0.4, 0.5) is 4.79 Å². The second-order valence-electron chi connectivity index (χ2n) is 6.69. The summed E-state index contributed by atoms with van der Waals surface area (Å²) in [6, 6.07) is 10.2. The van der Waals surface area contributed by atoms with Gasteiger partial charge in [0.15, 0.2) is 0 Å². The Labute approximate surface area is 131 Å². The van der Waals surface area contributed by atoms with Gasteiger partial charge in [-0.1, -0.05) is 30.8 Å². The lowest BCUT2D eigenvalue weighted by atomic mass is 10.0. The molecule has 0 spiro atoms. The van der Waals surface area contributed by atoms with E-state index >= 15 is 0 Å². The highest BCUT2D eigenvalue weighted by Gasteiger charge is 2.25. The minimum atomic E-state index is -0.518. The maximum atomic E-state index is 12.5. The van der Waals surface area contributed by atoms with Gasteiger partial charge >= 0.3 is 6.09 Å². The van der Waals surface area contributed by atoms with Gasteiger partial charge in [0.2, 0.25) is 0 Å². The van der Waals surface area contributed by atoms with E-state index in [0.717, 1.165) is 35.2 Å². The largest absolute Gasteiger partial charge is 0.443 e. The van der Waals surface area contributed by atoms with Gasteiger partial charge in [0.05, 0.1) is 5.69 Å². The zero-order valence-corrected chi connectivity index (χ0v) is 13.3. The molecule has 0 radical (unpaired) electrons. The lowest BCUT2D eigenvalue weighted by molar-refractivity contribution is 0.0540. The molecule has 2 aromatic rings. The van der Waals surface area contributed by atoms with Crippen molar-refractivity contribution in [2.45, 2.75) is 39.2 Å². The van der Waals surface area contributed by atoms with Gasteiger partial charge < -0.3 is 4.74 Å². The molecule has 1 heterocycles. The van der Waals surface area contributed by atoms with Gasteiger partial charge in [0.1, 0.15) is 5.60 Å². The Hall–Kier alpha value is -2.29. The van der Waals surface area contributed by atoms with Gasteiger partial charge in [0.25, 0.3) is 0 Å². The van der Waals surface area contributed by atoms with Crippen LogP contribution < -0.4 is 0 Å². The van der Waals surface area contributed by atoms with E-state index in [1.807, 2.05) is 39.0 Å². The summed E-state index contributed by atoms with van der Waals surface area (Å²) in [5.74, 6) is 0. The maximum Gasteiger partial charge on any atom is 0.419 e. The summed E-state index contributed by atoms with van der Waals surface area (Å²) >= 11 is 0. The normalized spacial score (nSPS) is 14.0. The Bertz CT molecular complexity index is 747. The molecule has 1 aliphatic rings. The molecule has 22 heavy (non-hydrogen) atoms. The van der Waals surface area contributed by atoms with E-state index in [2.05, 4.69) is 18.7 Å². The number of hydrogen-bond donors (Lipinski definition) is 0. The highest BCUT2D eigenvalue weighted by Crippen LogP contribution is 2.37. The fourth-order valence-corrected chi connectivity index (χ4v) is 2.85. The number of ether oxygens (including phenoxy) is 1. The van der Waals surface area contributed by atoms with Gasteiger partial charge in [-0.3, -0.25) is 4.57 Å².